The SMILES string of the molecule is Cc1cccc(Cn2ccc(NC(=O)Cn3nc(C(F)F)c(Cl)c3C3CC3)n2)c1. The number of carbonyl (C=O) groups excluding carboxylic acids is 1. The average molecular weight is 420 g/mol. The lowest BCUT2D eigenvalue weighted by Crippen LogP contribution is -2.21. The number of aryl methyl sites for hydroxylation is 1. The summed E-state index contributed by atoms with van der Waals surface area (Å²) in [6, 6.07) is 9.78. The summed E-state index contributed by atoms with van der Waals surface area (Å²) in [6.07, 6.45) is 0.715. The first-order valence-electron chi connectivity index (χ1n) is 9.34. The van der Waals surface area contributed by atoms with E-state index in [0.717, 1.165) is 24.0 Å². The molecule has 0 spiro atoms. The summed E-state index contributed by atoms with van der Waals surface area (Å²) in [4.78, 5) is 12.4. The Morgan fingerprint density at radius 3 is 2.79 bits per heavy atom. The van der Waals surface area contributed by atoms with E-state index in [-0.39, 0.29) is 17.5 Å². The van der Waals surface area contributed by atoms with Crippen LogP contribution in [0, 0.1) is 6.92 Å². The van der Waals surface area contributed by atoms with E-state index in [2.05, 4.69) is 21.6 Å². The fraction of sp³-hybridized carbons (Fsp3) is 0.350. The van der Waals surface area contributed by atoms with E-state index in [4.69, 9.17) is 11.6 Å². The van der Waals surface area contributed by atoms with Gasteiger partial charge < -0.3 is 5.32 Å². The van der Waals surface area contributed by atoms with Crippen LogP contribution in [0.25, 0.3) is 0 Å². The minimum absolute atomic E-state index is 0.0299. The molecule has 4 rings (SSSR count). The quantitative estimate of drug-likeness (QED) is 0.611. The Morgan fingerprint density at radius 2 is 2.10 bits per heavy atom. The van der Waals surface area contributed by atoms with E-state index in [1.165, 1.54) is 4.68 Å². The Bertz CT molecular complexity index is 1040. The van der Waals surface area contributed by atoms with Crippen LogP contribution in [0.4, 0.5) is 14.6 Å². The monoisotopic (exact) mass is 419 g/mol. The van der Waals surface area contributed by atoms with Crippen LogP contribution in [0.3, 0.4) is 0 Å². The van der Waals surface area contributed by atoms with E-state index in [1.807, 2.05) is 25.1 Å². The second-order valence-electron chi connectivity index (χ2n) is 7.25. The van der Waals surface area contributed by atoms with Crippen LogP contribution in [-0.4, -0.2) is 25.5 Å². The van der Waals surface area contributed by atoms with Crippen molar-refractivity contribution in [1.82, 2.24) is 19.6 Å². The molecule has 1 saturated carbocycles. The Balaban J connectivity index is 1.43. The number of benzene rings is 1. The van der Waals surface area contributed by atoms with Crippen LogP contribution in [0.15, 0.2) is 36.5 Å². The van der Waals surface area contributed by atoms with Crippen LogP contribution in [0.1, 0.15) is 47.7 Å². The molecule has 0 bridgehead atoms. The molecule has 1 aliphatic carbocycles. The van der Waals surface area contributed by atoms with Gasteiger partial charge in [0.25, 0.3) is 6.43 Å². The second-order valence-corrected chi connectivity index (χ2v) is 7.63. The normalized spacial score (nSPS) is 13.8. The van der Waals surface area contributed by atoms with Gasteiger partial charge in [-0.25, -0.2) is 8.78 Å². The largest absolute Gasteiger partial charge is 0.308 e. The molecule has 1 amide bonds. The maximum absolute atomic E-state index is 13.1. The van der Waals surface area contributed by atoms with Gasteiger partial charge in [-0.2, -0.15) is 10.2 Å². The van der Waals surface area contributed by atoms with E-state index in [9.17, 15) is 13.6 Å². The van der Waals surface area contributed by atoms with Crippen molar-refractivity contribution in [2.24, 2.45) is 0 Å². The fourth-order valence-electron chi connectivity index (χ4n) is 3.31. The lowest BCUT2D eigenvalue weighted by Gasteiger charge is -2.07. The molecule has 0 saturated heterocycles. The predicted molar refractivity (Wildman–Crippen MR) is 105 cm³/mol. The van der Waals surface area contributed by atoms with E-state index < -0.39 is 18.0 Å². The second kappa shape index (κ2) is 7.94. The van der Waals surface area contributed by atoms with Gasteiger partial charge in [0.15, 0.2) is 5.82 Å². The smallest absolute Gasteiger partial charge is 0.283 e. The summed E-state index contributed by atoms with van der Waals surface area (Å²) < 4.78 is 29.3. The molecule has 0 unspecified atom stereocenters. The predicted octanol–water partition coefficient (Wildman–Crippen LogP) is 4.54. The third-order valence-electron chi connectivity index (χ3n) is 4.76. The highest BCUT2D eigenvalue weighted by Gasteiger charge is 2.34. The average Bonchev–Trinajstić information content (AvgIpc) is 3.31. The number of carbonyl (C=O) groups is 1. The molecule has 2 aromatic heterocycles. The van der Waals surface area contributed by atoms with Gasteiger partial charge in [0.05, 0.1) is 17.3 Å². The summed E-state index contributed by atoms with van der Waals surface area (Å²) in [7, 11) is 0. The van der Waals surface area contributed by atoms with Crippen molar-refractivity contribution in [3.05, 3.63) is 64.1 Å². The van der Waals surface area contributed by atoms with Crippen molar-refractivity contribution in [3.63, 3.8) is 0 Å². The van der Waals surface area contributed by atoms with Gasteiger partial charge in [0.2, 0.25) is 5.91 Å². The van der Waals surface area contributed by atoms with Crippen molar-refractivity contribution in [1.29, 1.82) is 0 Å². The van der Waals surface area contributed by atoms with Crippen molar-refractivity contribution in [3.8, 4) is 0 Å². The van der Waals surface area contributed by atoms with Crippen LogP contribution in [0.2, 0.25) is 5.02 Å². The van der Waals surface area contributed by atoms with Gasteiger partial charge in [-0.3, -0.25) is 14.2 Å². The molecule has 1 aromatic carbocycles. The first kappa shape index (κ1) is 19.6. The first-order valence-corrected chi connectivity index (χ1v) is 9.71. The minimum atomic E-state index is -2.78. The topological polar surface area (TPSA) is 64.7 Å². The number of hydrogen-bond donors (Lipinski definition) is 1. The van der Waals surface area contributed by atoms with Gasteiger partial charge in [-0.15, -0.1) is 0 Å². The Kier molecular flexibility index (Phi) is 5.36. The molecule has 3 aromatic rings. The molecule has 1 N–H and O–H groups in total. The summed E-state index contributed by atoms with van der Waals surface area (Å²) in [6.45, 7) is 2.41. The maximum Gasteiger partial charge on any atom is 0.283 e. The molecule has 2 heterocycles. The van der Waals surface area contributed by atoms with Crippen LogP contribution < -0.4 is 5.32 Å². The molecule has 0 radical (unpaired) electrons. The zero-order valence-corrected chi connectivity index (χ0v) is 16.5. The zero-order valence-electron chi connectivity index (χ0n) is 15.8. The van der Waals surface area contributed by atoms with Gasteiger partial charge in [-0.05, 0) is 25.3 Å². The lowest BCUT2D eigenvalue weighted by atomic mass is 10.1. The van der Waals surface area contributed by atoms with Gasteiger partial charge in [0.1, 0.15) is 12.2 Å². The minimum Gasteiger partial charge on any atom is -0.308 e. The maximum atomic E-state index is 13.1. The standard InChI is InChI=1S/C20H20ClF2N5O/c1-12-3-2-4-13(9-12)10-27-8-7-15(25-27)24-16(29)11-28-19(14-5-6-14)17(21)18(26-28)20(22)23/h2-4,7-9,14,20H,5-6,10-11H2,1H3,(H,24,25,29). The van der Waals surface area contributed by atoms with Crippen LogP contribution in [-0.2, 0) is 17.9 Å². The number of hydrogen-bond acceptors (Lipinski definition) is 3. The Hall–Kier alpha value is -2.74. The van der Waals surface area contributed by atoms with Gasteiger partial charge >= 0.3 is 0 Å². The molecule has 29 heavy (non-hydrogen) atoms. The highest BCUT2D eigenvalue weighted by molar-refractivity contribution is 6.32. The van der Waals surface area contributed by atoms with E-state index in [0.29, 0.717) is 18.1 Å². The lowest BCUT2D eigenvalue weighted by molar-refractivity contribution is -0.117. The summed E-state index contributed by atoms with van der Waals surface area (Å²) in [5, 5.41) is 10.9. The third-order valence-corrected chi connectivity index (χ3v) is 5.14. The number of anilines is 1. The Labute approximate surface area is 171 Å². The van der Waals surface area contributed by atoms with E-state index >= 15 is 0 Å². The highest BCUT2D eigenvalue weighted by atomic mass is 35.5. The molecule has 9 heteroatoms. The van der Waals surface area contributed by atoms with Crippen LogP contribution >= 0.6 is 11.6 Å². The van der Waals surface area contributed by atoms with Crippen LogP contribution in [0.5, 0.6) is 0 Å². The number of halogens is 3. The molecule has 1 aliphatic rings. The Morgan fingerprint density at radius 1 is 1.31 bits per heavy atom. The molecular weight excluding hydrogens is 400 g/mol. The van der Waals surface area contributed by atoms with Crippen molar-refractivity contribution in [2.45, 2.75) is 45.2 Å². The van der Waals surface area contributed by atoms with Gasteiger partial charge in [-0.1, -0.05) is 41.4 Å². The highest BCUT2D eigenvalue weighted by Crippen LogP contribution is 2.45. The zero-order chi connectivity index (χ0) is 20.5. The first-order chi connectivity index (χ1) is 13.9. The summed E-state index contributed by atoms with van der Waals surface area (Å²) in [5.74, 6) is 0.0829. The number of alkyl halides is 2. The molecule has 6 nitrogen and oxygen atoms in total. The molecule has 152 valence electrons. The number of nitrogens with zero attached hydrogens (tertiary/aromatic N) is 4. The number of nitrogens with one attached hydrogen (secondary N) is 1. The number of amides is 1. The molecule has 0 aliphatic heterocycles. The molecule has 0 atom stereocenters. The number of rotatable bonds is 7. The third kappa shape index (κ3) is 4.48. The summed E-state index contributed by atoms with van der Waals surface area (Å²) in [5.41, 5.74) is 2.31. The van der Waals surface area contributed by atoms with Crippen molar-refractivity contribution >= 4 is 23.3 Å². The van der Waals surface area contributed by atoms with Crippen molar-refractivity contribution < 1.29 is 13.6 Å². The van der Waals surface area contributed by atoms with Crippen molar-refractivity contribution in [2.75, 3.05) is 5.32 Å². The van der Waals surface area contributed by atoms with E-state index in [1.54, 1.807) is 16.9 Å². The van der Waals surface area contributed by atoms with Gasteiger partial charge in [0, 0.05) is 18.2 Å². The fourth-order valence-corrected chi connectivity index (χ4v) is 3.68. The molecular formula is C20H20ClF2N5O. The summed E-state index contributed by atoms with van der Waals surface area (Å²) >= 11 is 6.08. The number of aromatic nitrogens is 4. The molecule has 1 fully saturated rings.